The lowest BCUT2D eigenvalue weighted by Crippen LogP contribution is -2.44. The Morgan fingerprint density at radius 2 is 1.87 bits per heavy atom. The number of hydrogen-bond acceptors (Lipinski definition) is 2. The molecular formula is C13H26N2. The fourth-order valence-corrected chi connectivity index (χ4v) is 3.18. The van der Waals surface area contributed by atoms with Crippen molar-refractivity contribution in [1.82, 2.24) is 10.2 Å². The van der Waals surface area contributed by atoms with Crippen LogP contribution in [0, 0.1) is 11.8 Å². The SMILES string of the molecule is CNC1CCC(N2CCC(C)C(C)C2)C1. The summed E-state index contributed by atoms with van der Waals surface area (Å²) in [6.07, 6.45) is 5.56. The van der Waals surface area contributed by atoms with E-state index in [4.69, 9.17) is 0 Å². The van der Waals surface area contributed by atoms with E-state index in [2.05, 4.69) is 31.1 Å². The summed E-state index contributed by atoms with van der Waals surface area (Å²) in [5, 5.41) is 3.43. The summed E-state index contributed by atoms with van der Waals surface area (Å²) in [5.41, 5.74) is 0. The van der Waals surface area contributed by atoms with E-state index in [-0.39, 0.29) is 0 Å². The molecule has 1 saturated carbocycles. The van der Waals surface area contributed by atoms with Crippen LogP contribution in [-0.4, -0.2) is 37.1 Å². The van der Waals surface area contributed by atoms with E-state index in [9.17, 15) is 0 Å². The molecule has 4 unspecified atom stereocenters. The van der Waals surface area contributed by atoms with Crippen LogP contribution in [0.5, 0.6) is 0 Å². The van der Waals surface area contributed by atoms with E-state index in [1.807, 2.05) is 0 Å². The summed E-state index contributed by atoms with van der Waals surface area (Å²) >= 11 is 0. The average molecular weight is 210 g/mol. The van der Waals surface area contributed by atoms with Crippen molar-refractivity contribution in [3.63, 3.8) is 0 Å². The average Bonchev–Trinajstić information content (AvgIpc) is 2.70. The standard InChI is InChI=1S/C13H26N2/c1-10-6-7-15(9-11(10)2)13-5-4-12(8-13)14-3/h10-14H,4-9H2,1-3H3. The van der Waals surface area contributed by atoms with Gasteiger partial charge in [-0.1, -0.05) is 13.8 Å². The molecule has 15 heavy (non-hydrogen) atoms. The first-order valence-corrected chi connectivity index (χ1v) is 6.62. The molecule has 1 aliphatic heterocycles. The predicted octanol–water partition coefficient (Wildman–Crippen LogP) is 2.10. The van der Waals surface area contributed by atoms with E-state index < -0.39 is 0 Å². The Morgan fingerprint density at radius 1 is 1.07 bits per heavy atom. The van der Waals surface area contributed by atoms with Crippen LogP contribution in [0.4, 0.5) is 0 Å². The molecule has 2 heteroatoms. The summed E-state index contributed by atoms with van der Waals surface area (Å²) in [6, 6.07) is 1.65. The maximum absolute atomic E-state index is 3.43. The maximum Gasteiger partial charge on any atom is 0.0111 e. The highest BCUT2D eigenvalue weighted by Crippen LogP contribution is 2.30. The van der Waals surface area contributed by atoms with Gasteiger partial charge in [-0.3, -0.25) is 0 Å². The Bertz CT molecular complexity index is 205. The molecule has 2 nitrogen and oxygen atoms in total. The first-order valence-electron chi connectivity index (χ1n) is 6.62. The monoisotopic (exact) mass is 210 g/mol. The molecule has 0 bridgehead atoms. The van der Waals surface area contributed by atoms with Crippen molar-refractivity contribution in [3.8, 4) is 0 Å². The zero-order chi connectivity index (χ0) is 10.8. The maximum atomic E-state index is 3.43. The Labute approximate surface area is 94.4 Å². The fraction of sp³-hybridized carbons (Fsp3) is 1.00. The number of likely N-dealkylation sites (tertiary alicyclic amines) is 1. The largest absolute Gasteiger partial charge is 0.317 e. The highest BCUT2D eigenvalue weighted by Gasteiger charge is 2.32. The van der Waals surface area contributed by atoms with Crippen LogP contribution in [0.1, 0.15) is 39.5 Å². The highest BCUT2D eigenvalue weighted by atomic mass is 15.2. The van der Waals surface area contributed by atoms with Crippen LogP contribution < -0.4 is 5.32 Å². The topological polar surface area (TPSA) is 15.3 Å². The van der Waals surface area contributed by atoms with Crippen molar-refractivity contribution in [2.75, 3.05) is 20.1 Å². The Morgan fingerprint density at radius 3 is 2.47 bits per heavy atom. The van der Waals surface area contributed by atoms with Gasteiger partial charge in [0.25, 0.3) is 0 Å². The van der Waals surface area contributed by atoms with Crippen molar-refractivity contribution >= 4 is 0 Å². The van der Waals surface area contributed by atoms with Gasteiger partial charge in [0.15, 0.2) is 0 Å². The lowest BCUT2D eigenvalue weighted by molar-refractivity contribution is 0.0967. The van der Waals surface area contributed by atoms with Crippen LogP contribution >= 0.6 is 0 Å². The van der Waals surface area contributed by atoms with Gasteiger partial charge in [-0.05, 0) is 51.1 Å². The minimum Gasteiger partial charge on any atom is -0.317 e. The molecule has 1 saturated heterocycles. The Hall–Kier alpha value is -0.0800. The van der Waals surface area contributed by atoms with E-state index in [0.29, 0.717) is 0 Å². The molecular weight excluding hydrogens is 184 g/mol. The second kappa shape index (κ2) is 4.84. The molecule has 2 aliphatic rings. The van der Waals surface area contributed by atoms with Gasteiger partial charge in [0.2, 0.25) is 0 Å². The van der Waals surface area contributed by atoms with Crippen molar-refractivity contribution in [2.45, 2.75) is 51.6 Å². The van der Waals surface area contributed by atoms with E-state index >= 15 is 0 Å². The van der Waals surface area contributed by atoms with Crippen molar-refractivity contribution in [1.29, 1.82) is 0 Å². The van der Waals surface area contributed by atoms with Crippen LogP contribution in [0.3, 0.4) is 0 Å². The van der Waals surface area contributed by atoms with Crippen LogP contribution in [0.15, 0.2) is 0 Å². The van der Waals surface area contributed by atoms with Gasteiger partial charge in [0.05, 0.1) is 0 Å². The minimum absolute atomic E-state index is 0.782. The number of hydrogen-bond donors (Lipinski definition) is 1. The molecule has 4 atom stereocenters. The second-order valence-electron chi connectivity index (χ2n) is 5.69. The van der Waals surface area contributed by atoms with Crippen molar-refractivity contribution < 1.29 is 0 Å². The van der Waals surface area contributed by atoms with Crippen LogP contribution in [0.25, 0.3) is 0 Å². The third kappa shape index (κ3) is 2.54. The second-order valence-corrected chi connectivity index (χ2v) is 5.69. The zero-order valence-corrected chi connectivity index (χ0v) is 10.5. The van der Waals surface area contributed by atoms with Gasteiger partial charge in [-0.15, -0.1) is 0 Å². The minimum atomic E-state index is 0.782. The van der Waals surface area contributed by atoms with E-state index in [1.54, 1.807) is 0 Å². The first kappa shape index (κ1) is 11.4. The molecule has 0 amide bonds. The summed E-state index contributed by atoms with van der Waals surface area (Å²) in [7, 11) is 2.11. The molecule has 88 valence electrons. The van der Waals surface area contributed by atoms with E-state index in [0.717, 1.165) is 23.9 Å². The molecule has 2 rings (SSSR count). The fourth-order valence-electron chi connectivity index (χ4n) is 3.18. The summed E-state index contributed by atoms with van der Waals surface area (Å²) in [6.45, 7) is 7.50. The predicted molar refractivity (Wildman–Crippen MR) is 65.0 cm³/mol. The molecule has 1 heterocycles. The van der Waals surface area contributed by atoms with Gasteiger partial charge in [0, 0.05) is 18.6 Å². The summed E-state index contributed by atoms with van der Waals surface area (Å²) < 4.78 is 0. The molecule has 0 aromatic carbocycles. The third-order valence-corrected chi connectivity index (χ3v) is 4.70. The van der Waals surface area contributed by atoms with Gasteiger partial charge < -0.3 is 10.2 Å². The Balaban J connectivity index is 1.84. The lowest BCUT2D eigenvalue weighted by Gasteiger charge is -2.39. The molecule has 1 N–H and O–H groups in total. The van der Waals surface area contributed by atoms with E-state index in [1.165, 1.54) is 38.8 Å². The molecule has 1 aliphatic carbocycles. The normalized spacial score (nSPS) is 43.4. The van der Waals surface area contributed by atoms with Crippen LogP contribution in [0.2, 0.25) is 0 Å². The van der Waals surface area contributed by atoms with Gasteiger partial charge in [0.1, 0.15) is 0 Å². The number of piperidine rings is 1. The summed E-state index contributed by atoms with van der Waals surface area (Å²) in [5.74, 6) is 1.83. The molecule has 2 fully saturated rings. The molecule has 0 radical (unpaired) electrons. The number of rotatable bonds is 2. The number of nitrogens with one attached hydrogen (secondary N) is 1. The smallest absolute Gasteiger partial charge is 0.0111 e. The molecule has 0 aromatic heterocycles. The first-order chi connectivity index (χ1) is 7.20. The lowest BCUT2D eigenvalue weighted by atomic mass is 9.88. The number of nitrogens with zero attached hydrogens (tertiary/aromatic N) is 1. The highest BCUT2D eigenvalue weighted by molar-refractivity contribution is 4.88. The van der Waals surface area contributed by atoms with Crippen molar-refractivity contribution in [3.05, 3.63) is 0 Å². The quantitative estimate of drug-likeness (QED) is 0.751. The zero-order valence-electron chi connectivity index (χ0n) is 10.5. The van der Waals surface area contributed by atoms with Gasteiger partial charge in [-0.2, -0.15) is 0 Å². The Kier molecular flexibility index (Phi) is 3.68. The summed E-state index contributed by atoms with van der Waals surface area (Å²) in [4.78, 5) is 2.75. The third-order valence-electron chi connectivity index (χ3n) is 4.70. The molecule has 0 spiro atoms. The van der Waals surface area contributed by atoms with Gasteiger partial charge >= 0.3 is 0 Å². The molecule has 0 aromatic rings. The van der Waals surface area contributed by atoms with Crippen molar-refractivity contribution in [2.24, 2.45) is 11.8 Å². The van der Waals surface area contributed by atoms with Crippen LogP contribution in [-0.2, 0) is 0 Å². The van der Waals surface area contributed by atoms with Gasteiger partial charge in [-0.25, -0.2) is 0 Å².